The van der Waals surface area contributed by atoms with E-state index in [0.29, 0.717) is 17.1 Å². The first-order chi connectivity index (χ1) is 15.4. The molecule has 0 bridgehead atoms. The summed E-state index contributed by atoms with van der Waals surface area (Å²) in [7, 11) is 0. The molecular weight excluding hydrogens is 424 g/mol. The van der Waals surface area contributed by atoms with Crippen molar-refractivity contribution in [3.8, 4) is 0 Å². The molecule has 3 aliphatic rings. The first-order valence-electron chi connectivity index (χ1n) is 11.1. The monoisotopic (exact) mass is 448 g/mol. The number of imide groups is 1. The lowest BCUT2D eigenvalue weighted by atomic mass is 9.85. The Morgan fingerprint density at radius 3 is 2.41 bits per heavy atom. The van der Waals surface area contributed by atoms with Crippen LogP contribution in [0.2, 0.25) is 5.02 Å². The highest BCUT2D eigenvalue weighted by Crippen LogP contribution is 2.50. The number of amides is 2. The number of halogens is 1. The van der Waals surface area contributed by atoms with Gasteiger partial charge in [-0.3, -0.25) is 19.3 Å². The molecular formula is C26H25ClN2O3. The molecule has 5 nitrogen and oxygen atoms in total. The second-order valence-electron chi connectivity index (χ2n) is 8.81. The Kier molecular flexibility index (Phi) is 5.17. The maximum atomic E-state index is 13.8. The Balaban J connectivity index is 1.64. The number of hydrogen-bond acceptors (Lipinski definition) is 4. The summed E-state index contributed by atoms with van der Waals surface area (Å²) in [4.78, 5) is 44.2. The third-order valence-electron chi connectivity index (χ3n) is 6.98. The van der Waals surface area contributed by atoms with Crippen LogP contribution < -0.4 is 4.90 Å². The van der Waals surface area contributed by atoms with Gasteiger partial charge in [-0.1, -0.05) is 49.2 Å². The molecule has 164 valence electrons. The van der Waals surface area contributed by atoms with Crippen molar-refractivity contribution in [2.24, 2.45) is 11.8 Å². The molecule has 3 heterocycles. The number of unbranched alkanes of at least 4 members (excludes halogenated alkanes) is 1. The molecule has 4 atom stereocenters. The van der Waals surface area contributed by atoms with Crippen LogP contribution in [0.25, 0.3) is 5.57 Å². The van der Waals surface area contributed by atoms with Gasteiger partial charge >= 0.3 is 0 Å². The third kappa shape index (κ3) is 3.02. The maximum Gasteiger partial charge on any atom is 0.235 e. The highest BCUT2D eigenvalue weighted by Gasteiger charge is 2.64. The largest absolute Gasteiger partial charge is 0.352 e. The van der Waals surface area contributed by atoms with E-state index in [-0.39, 0.29) is 23.6 Å². The van der Waals surface area contributed by atoms with Crippen molar-refractivity contribution in [1.82, 2.24) is 4.90 Å². The highest BCUT2D eigenvalue weighted by atomic mass is 35.5. The van der Waals surface area contributed by atoms with Gasteiger partial charge in [-0.25, -0.2) is 0 Å². The number of hydrogen-bond donors (Lipinski definition) is 0. The van der Waals surface area contributed by atoms with Gasteiger partial charge in [0.05, 0.1) is 17.9 Å². The lowest BCUT2D eigenvalue weighted by molar-refractivity contribution is -0.140. The summed E-state index contributed by atoms with van der Waals surface area (Å²) in [6.07, 6.45) is 3.71. The van der Waals surface area contributed by atoms with Crippen LogP contribution in [0.4, 0.5) is 5.69 Å². The lowest BCUT2D eigenvalue weighted by Crippen LogP contribution is -2.49. The van der Waals surface area contributed by atoms with E-state index in [9.17, 15) is 14.4 Å². The quantitative estimate of drug-likeness (QED) is 0.495. The van der Waals surface area contributed by atoms with Crippen molar-refractivity contribution in [2.45, 2.75) is 38.8 Å². The van der Waals surface area contributed by atoms with Crippen molar-refractivity contribution in [2.75, 3.05) is 11.4 Å². The maximum absolute atomic E-state index is 13.8. The number of ketones is 1. The number of nitrogens with zero attached hydrogens (tertiary/aromatic N) is 2. The van der Waals surface area contributed by atoms with Gasteiger partial charge < -0.3 is 4.90 Å². The van der Waals surface area contributed by atoms with E-state index in [1.807, 2.05) is 43.0 Å². The fourth-order valence-electron chi connectivity index (χ4n) is 5.48. The SMILES string of the molecule is CCCCN1C(=O)[C@@H]2[C@H](C1=O)[C@H]1C=C(C)c3ccccc3N1[C@@H]2C(=O)c1ccc(Cl)cc1. The molecule has 0 unspecified atom stereocenters. The number of fused-ring (bicyclic) bond motifs is 5. The van der Waals surface area contributed by atoms with Crippen molar-refractivity contribution in [1.29, 1.82) is 0 Å². The molecule has 0 spiro atoms. The minimum absolute atomic E-state index is 0.152. The fraction of sp³-hybridized carbons (Fsp3) is 0.346. The van der Waals surface area contributed by atoms with Gasteiger partial charge in [0, 0.05) is 28.4 Å². The minimum Gasteiger partial charge on any atom is -0.352 e. The van der Waals surface area contributed by atoms with Crippen LogP contribution in [0.3, 0.4) is 0 Å². The second kappa shape index (κ2) is 7.89. The number of rotatable bonds is 5. The van der Waals surface area contributed by atoms with Gasteiger partial charge in [0.15, 0.2) is 5.78 Å². The Morgan fingerprint density at radius 1 is 1.00 bits per heavy atom. The summed E-state index contributed by atoms with van der Waals surface area (Å²) in [5, 5.41) is 0.545. The molecule has 2 amide bonds. The van der Waals surface area contributed by atoms with Crippen LogP contribution in [-0.2, 0) is 9.59 Å². The molecule has 0 aliphatic carbocycles. The van der Waals surface area contributed by atoms with Crippen LogP contribution in [0.5, 0.6) is 0 Å². The summed E-state index contributed by atoms with van der Waals surface area (Å²) >= 11 is 6.03. The molecule has 5 rings (SSSR count). The summed E-state index contributed by atoms with van der Waals surface area (Å²) in [6, 6.07) is 13.6. The zero-order valence-electron chi connectivity index (χ0n) is 18.1. The van der Waals surface area contributed by atoms with Gasteiger partial charge in [-0.2, -0.15) is 0 Å². The zero-order valence-corrected chi connectivity index (χ0v) is 18.9. The molecule has 2 saturated heterocycles. The van der Waals surface area contributed by atoms with Crippen molar-refractivity contribution in [3.63, 3.8) is 0 Å². The molecule has 0 saturated carbocycles. The lowest BCUT2D eigenvalue weighted by Gasteiger charge is -2.38. The first kappa shape index (κ1) is 21.0. The van der Waals surface area contributed by atoms with Crippen LogP contribution in [-0.4, -0.2) is 41.1 Å². The predicted octanol–water partition coefficient (Wildman–Crippen LogP) is 4.60. The number of benzene rings is 2. The number of carbonyl (C=O) groups excluding carboxylic acids is 3. The smallest absolute Gasteiger partial charge is 0.235 e. The molecule has 0 aromatic heterocycles. The number of anilines is 1. The van der Waals surface area contributed by atoms with E-state index in [4.69, 9.17) is 11.6 Å². The van der Waals surface area contributed by atoms with Crippen molar-refractivity contribution in [3.05, 3.63) is 70.8 Å². The highest BCUT2D eigenvalue weighted by molar-refractivity contribution is 6.30. The molecule has 2 aromatic carbocycles. The Morgan fingerprint density at radius 2 is 1.69 bits per heavy atom. The summed E-state index contributed by atoms with van der Waals surface area (Å²) in [5.41, 5.74) is 3.49. The van der Waals surface area contributed by atoms with E-state index < -0.39 is 17.9 Å². The molecule has 0 N–H and O–H groups in total. The van der Waals surface area contributed by atoms with E-state index in [2.05, 4.69) is 6.08 Å². The normalized spacial score (nSPS) is 26.0. The molecule has 2 fully saturated rings. The topological polar surface area (TPSA) is 57.7 Å². The predicted molar refractivity (Wildman–Crippen MR) is 125 cm³/mol. The fourth-order valence-corrected chi connectivity index (χ4v) is 5.61. The standard InChI is InChI=1S/C26H25ClN2O3/c1-3-4-13-28-25(31)21-20-14-15(2)18-7-5-6-8-19(18)29(20)23(22(21)26(28)32)24(30)16-9-11-17(27)12-10-16/h5-12,14,20-23H,3-4,13H2,1-2H3/t20-,21-,22-,23+/m1/s1. The Bertz CT molecular complexity index is 1140. The molecule has 3 aliphatic heterocycles. The second-order valence-corrected chi connectivity index (χ2v) is 9.25. The summed E-state index contributed by atoms with van der Waals surface area (Å²) < 4.78 is 0. The molecule has 0 radical (unpaired) electrons. The Labute approximate surface area is 192 Å². The third-order valence-corrected chi connectivity index (χ3v) is 7.23. The first-order valence-corrected chi connectivity index (χ1v) is 11.5. The molecule has 2 aromatic rings. The average molecular weight is 449 g/mol. The van der Waals surface area contributed by atoms with Gasteiger partial charge in [-0.15, -0.1) is 0 Å². The van der Waals surface area contributed by atoms with Crippen LogP contribution in [0.15, 0.2) is 54.6 Å². The number of Topliss-reactive ketones (excluding diaryl/α,β-unsaturated/α-hetero) is 1. The number of allylic oxidation sites excluding steroid dienone is 1. The minimum atomic E-state index is -0.736. The van der Waals surface area contributed by atoms with Gasteiger partial charge in [0.1, 0.15) is 6.04 Å². The molecule has 6 heteroatoms. The van der Waals surface area contributed by atoms with Gasteiger partial charge in [0.25, 0.3) is 0 Å². The zero-order chi connectivity index (χ0) is 22.6. The van der Waals surface area contributed by atoms with Crippen LogP contribution in [0.1, 0.15) is 42.6 Å². The number of likely N-dealkylation sites (tertiary alicyclic amines) is 1. The van der Waals surface area contributed by atoms with Crippen LogP contribution >= 0.6 is 11.6 Å². The molecule has 32 heavy (non-hydrogen) atoms. The van der Waals surface area contributed by atoms with Gasteiger partial charge in [0.2, 0.25) is 11.8 Å². The van der Waals surface area contributed by atoms with Crippen LogP contribution in [0, 0.1) is 11.8 Å². The van der Waals surface area contributed by atoms with E-state index in [1.165, 1.54) is 4.90 Å². The van der Waals surface area contributed by atoms with Crippen molar-refractivity contribution < 1.29 is 14.4 Å². The average Bonchev–Trinajstić information content (AvgIpc) is 3.25. The summed E-state index contributed by atoms with van der Waals surface area (Å²) in [5.74, 6) is -1.77. The van der Waals surface area contributed by atoms with E-state index in [1.54, 1.807) is 24.3 Å². The van der Waals surface area contributed by atoms with Gasteiger partial charge in [-0.05, 0) is 49.2 Å². The summed E-state index contributed by atoms with van der Waals surface area (Å²) in [6.45, 7) is 4.47. The number of carbonyl (C=O) groups is 3. The number of para-hydroxylation sites is 1. The van der Waals surface area contributed by atoms with Crippen molar-refractivity contribution >= 4 is 40.5 Å². The van der Waals surface area contributed by atoms with E-state index >= 15 is 0 Å². The van der Waals surface area contributed by atoms with E-state index in [0.717, 1.165) is 29.7 Å². The Hall–Kier alpha value is -2.92.